The highest BCUT2D eigenvalue weighted by Gasteiger charge is 2.21. The minimum atomic E-state index is 0.500. The molecule has 0 spiro atoms. The second-order valence-electron chi connectivity index (χ2n) is 6.00. The van der Waals surface area contributed by atoms with Crippen LogP contribution in [0.1, 0.15) is 43.3 Å². The van der Waals surface area contributed by atoms with Crippen LogP contribution in [0.4, 0.5) is 0 Å². The Morgan fingerprint density at radius 1 is 1.20 bits per heavy atom. The zero-order valence-electron chi connectivity index (χ0n) is 13.9. The topological polar surface area (TPSA) is 89.7 Å². The van der Waals surface area contributed by atoms with E-state index in [0.717, 1.165) is 22.3 Å². The number of nitrogens with one attached hydrogen (secondary N) is 1. The fraction of sp³-hybridized carbons (Fsp3) is 0.412. The Kier molecular flexibility index (Phi) is 4.69. The lowest BCUT2D eigenvalue weighted by Crippen LogP contribution is -1.94. The maximum absolute atomic E-state index is 5.72. The summed E-state index contributed by atoms with van der Waals surface area (Å²) in [5.74, 6) is 3.94. The van der Waals surface area contributed by atoms with Crippen LogP contribution in [0.15, 0.2) is 33.8 Å². The maximum atomic E-state index is 5.72. The average Bonchev–Trinajstić information content (AvgIpc) is 3.41. The van der Waals surface area contributed by atoms with Crippen molar-refractivity contribution in [2.24, 2.45) is 0 Å². The van der Waals surface area contributed by atoms with Gasteiger partial charge in [0.05, 0.1) is 12.9 Å². The number of rotatable bonds is 6. The molecule has 0 unspecified atom stereocenters. The van der Waals surface area contributed by atoms with Crippen molar-refractivity contribution in [3.8, 4) is 17.2 Å². The third-order valence-corrected chi connectivity index (χ3v) is 5.18. The van der Waals surface area contributed by atoms with Crippen molar-refractivity contribution in [2.75, 3.05) is 7.11 Å². The Bertz CT molecular complexity index is 824. The summed E-state index contributed by atoms with van der Waals surface area (Å²) >= 11 is 1.50. The molecule has 0 amide bonds. The number of methoxy groups -OCH3 is 1. The van der Waals surface area contributed by atoms with E-state index >= 15 is 0 Å². The Morgan fingerprint density at radius 2 is 2.00 bits per heavy atom. The first-order chi connectivity index (χ1) is 12.3. The molecule has 7 nitrogen and oxygen atoms in total. The van der Waals surface area contributed by atoms with Crippen molar-refractivity contribution in [1.29, 1.82) is 0 Å². The van der Waals surface area contributed by atoms with Crippen molar-refractivity contribution >= 4 is 11.8 Å². The summed E-state index contributed by atoms with van der Waals surface area (Å²) in [5, 5.41) is 16.3. The number of hydrogen-bond acceptors (Lipinski definition) is 7. The first-order valence-corrected chi connectivity index (χ1v) is 9.32. The minimum Gasteiger partial charge on any atom is -0.497 e. The molecule has 0 atom stereocenters. The molecule has 130 valence electrons. The van der Waals surface area contributed by atoms with Gasteiger partial charge in [0.2, 0.25) is 16.9 Å². The number of aromatic nitrogens is 5. The van der Waals surface area contributed by atoms with Crippen LogP contribution in [-0.2, 0) is 5.75 Å². The van der Waals surface area contributed by atoms with Crippen LogP contribution in [-0.4, -0.2) is 32.5 Å². The molecule has 8 heteroatoms. The molecule has 2 heterocycles. The number of hydrogen-bond donors (Lipinski definition) is 1. The summed E-state index contributed by atoms with van der Waals surface area (Å²) in [6.07, 6.45) is 4.97. The Morgan fingerprint density at radius 3 is 2.76 bits per heavy atom. The van der Waals surface area contributed by atoms with E-state index in [0.29, 0.717) is 23.5 Å². The molecular formula is C17H19N5O2S. The van der Waals surface area contributed by atoms with E-state index in [2.05, 4.69) is 25.4 Å². The van der Waals surface area contributed by atoms with Gasteiger partial charge in [0.15, 0.2) is 0 Å². The van der Waals surface area contributed by atoms with Gasteiger partial charge in [-0.15, -0.1) is 15.3 Å². The van der Waals surface area contributed by atoms with E-state index < -0.39 is 0 Å². The number of thioether (sulfide) groups is 1. The normalized spacial score (nSPS) is 14.9. The third-order valence-electron chi connectivity index (χ3n) is 4.35. The molecule has 1 fully saturated rings. The molecule has 25 heavy (non-hydrogen) atoms. The zero-order chi connectivity index (χ0) is 17.1. The van der Waals surface area contributed by atoms with E-state index in [-0.39, 0.29) is 0 Å². The average molecular weight is 357 g/mol. The van der Waals surface area contributed by atoms with Crippen LogP contribution >= 0.6 is 11.8 Å². The molecule has 1 aliphatic carbocycles. The number of ether oxygens (including phenoxy) is 1. The van der Waals surface area contributed by atoms with Gasteiger partial charge in [0.25, 0.3) is 0 Å². The summed E-state index contributed by atoms with van der Waals surface area (Å²) in [4.78, 5) is 4.58. The molecule has 4 rings (SSSR count). The van der Waals surface area contributed by atoms with Crippen LogP contribution in [0.25, 0.3) is 11.5 Å². The predicted molar refractivity (Wildman–Crippen MR) is 93.4 cm³/mol. The van der Waals surface area contributed by atoms with Crippen molar-refractivity contribution in [3.05, 3.63) is 36.0 Å². The highest BCUT2D eigenvalue weighted by molar-refractivity contribution is 7.98. The van der Waals surface area contributed by atoms with Crippen molar-refractivity contribution in [2.45, 2.75) is 42.5 Å². The number of aromatic amines is 1. The van der Waals surface area contributed by atoms with Crippen LogP contribution in [0.5, 0.6) is 5.75 Å². The highest BCUT2D eigenvalue weighted by atomic mass is 32.2. The van der Waals surface area contributed by atoms with Gasteiger partial charge >= 0.3 is 0 Å². The van der Waals surface area contributed by atoms with Crippen LogP contribution < -0.4 is 4.74 Å². The van der Waals surface area contributed by atoms with Gasteiger partial charge in [-0.25, -0.2) is 4.98 Å². The second-order valence-corrected chi connectivity index (χ2v) is 6.95. The maximum Gasteiger partial charge on any atom is 0.247 e. The lowest BCUT2D eigenvalue weighted by molar-refractivity contribution is 0.415. The molecule has 0 bridgehead atoms. The Hall–Kier alpha value is -2.35. The van der Waals surface area contributed by atoms with Gasteiger partial charge in [-0.1, -0.05) is 24.6 Å². The predicted octanol–water partition coefficient (Wildman–Crippen LogP) is 3.81. The van der Waals surface area contributed by atoms with E-state index in [4.69, 9.17) is 9.15 Å². The fourth-order valence-electron chi connectivity index (χ4n) is 2.99. The van der Waals surface area contributed by atoms with Crippen molar-refractivity contribution < 1.29 is 9.15 Å². The van der Waals surface area contributed by atoms with Gasteiger partial charge < -0.3 is 9.15 Å². The van der Waals surface area contributed by atoms with E-state index in [1.54, 1.807) is 7.11 Å². The quantitative estimate of drug-likeness (QED) is 0.671. The summed E-state index contributed by atoms with van der Waals surface area (Å²) in [6.45, 7) is 0. The molecule has 2 aromatic heterocycles. The lowest BCUT2D eigenvalue weighted by Gasteiger charge is -2.01. The molecule has 0 saturated heterocycles. The van der Waals surface area contributed by atoms with Crippen molar-refractivity contribution in [3.63, 3.8) is 0 Å². The minimum absolute atomic E-state index is 0.500. The molecule has 1 aliphatic rings. The van der Waals surface area contributed by atoms with Crippen LogP contribution in [0.3, 0.4) is 0 Å². The first-order valence-electron chi connectivity index (χ1n) is 8.34. The molecule has 1 saturated carbocycles. The third kappa shape index (κ3) is 3.68. The summed E-state index contributed by atoms with van der Waals surface area (Å²) < 4.78 is 10.9. The van der Waals surface area contributed by atoms with E-state index in [1.807, 2.05) is 24.3 Å². The molecule has 0 aliphatic heterocycles. The van der Waals surface area contributed by atoms with Gasteiger partial charge in [0.1, 0.15) is 11.6 Å². The number of benzene rings is 1. The summed E-state index contributed by atoms with van der Waals surface area (Å²) in [7, 11) is 1.64. The second kappa shape index (κ2) is 7.26. The van der Waals surface area contributed by atoms with Gasteiger partial charge in [-0.2, -0.15) is 0 Å². The zero-order valence-corrected chi connectivity index (χ0v) is 14.8. The highest BCUT2D eigenvalue weighted by Crippen LogP contribution is 2.33. The lowest BCUT2D eigenvalue weighted by atomic mass is 10.1. The Labute approximate surface area is 149 Å². The van der Waals surface area contributed by atoms with Gasteiger partial charge in [0, 0.05) is 11.5 Å². The molecule has 3 aromatic rings. The Balaban J connectivity index is 1.37. The van der Waals surface area contributed by atoms with Gasteiger partial charge in [-0.05, 0) is 37.1 Å². The van der Waals surface area contributed by atoms with E-state index in [9.17, 15) is 0 Å². The molecular weight excluding hydrogens is 338 g/mol. The van der Waals surface area contributed by atoms with E-state index in [1.165, 1.54) is 37.4 Å². The summed E-state index contributed by atoms with van der Waals surface area (Å²) in [6, 6.07) is 7.52. The smallest absolute Gasteiger partial charge is 0.247 e. The fourth-order valence-corrected chi connectivity index (χ4v) is 3.64. The number of H-pyrrole nitrogens is 1. The van der Waals surface area contributed by atoms with Crippen LogP contribution in [0, 0.1) is 0 Å². The van der Waals surface area contributed by atoms with Gasteiger partial charge in [-0.3, -0.25) is 5.10 Å². The monoisotopic (exact) mass is 357 g/mol. The van der Waals surface area contributed by atoms with Crippen LogP contribution in [0.2, 0.25) is 0 Å². The van der Waals surface area contributed by atoms with Crippen molar-refractivity contribution in [1.82, 2.24) is 25.4 Å². The SMILES string of the molecule is COc1ccc(-c2nnc(CSc3n[nH]c(C4CCCC4)n3)o2)cc1. The summed E-state index contributed by atoms with van der Waals surface area (Å²) in [5.41, 5.74) is 0.867. The molecule has 0 radical (unpaired) electrons. The standard InChI is InChI=1S/C17H19N5O2S/c1-23-13-8-6-12(7-9-13)16-21-19-14(24-16)10-25-17-18-15(20-22-17)11-4-2-3-5-11/h6-9,11H,2-5,10H2,1H3,(H,18,20,22). The number of nitrogens with zero attached hydrogens (tertiary/aromatic N) is 4. The molecule has 1 N–H and O–H groups in total. The largest absolute Gasteiger partial charge is 0.497 e. The molecule has 1 aromatic carbocycles. The first kappa shape index (κ1) is 16.1.